The summed E-state index contributed by atoms with van der Waals surface area (Å²) < 4.78 is 10.3. The van der Waals surface area contributed by atoms with E-state index < -0.39 is 5.97 Å². The van der Waals surface area contributed by atoms with Crippen molar-refractivity contribution in [2.75, 3.05) is 20.5 Å². The highest BCUT2D eigenvalue weighted by molar-refractivity contribution is 7.98. The molecular formula is C11H14O4S. The van der Waals surface area contributed by atoms with Crippen LogP contribution in [0.5, 0.6) is 11.5 Å². The molecule has 1 aromatic rings. The molecule has 0 aliphatic heterocycles. The topological polar surface area (TPSA) is 55.8 Å². The molecule has 0 bridgehead atoms. The van der Waals surface area contributed by atoms with E-state index in [1.807, 2.05) is 6.26 Å². The van der Waals surface area contributed by atoms with Crippen LogP contribution in [0.3, 0.4) is 0 Å². The second-order valence-electron chi connectivity index (χ2n) is 3.05. The van der Waals surface area contributed by atoms with E-state index in [-0.39, 0.29) is 6.42 Å². The Morgan fingerprint density at radius 1 is 1.31 bits per heavy atom. The van der Waals surface area contributed by atoms with Gasteiger partial charge >= 0.3 is 5.97 Å². The molecule has 0 radical (unpaired) electrons. The number of carboxylic acids is 1. The number of hydrogen-bond donors (Lipinski definition) is 1. The maximum absolute atomic E-state index is 10.8. The van der Waals surface area contributed by atoms with Crippen LogP contribution in [-0.4, -0.2) is 31.6 Å². The van der Waals surface area contributed by atoms with Gasteiger partial charge in [-0.3, -0.25) is 4.79 Å². The summed E-state index contributed by atoms with van der Waals surface area (Å²) in [7, 11) is 3.09. The monoisotopic (exact) mass is 242 g/mol. The number of aliphatic carboxylic acids is 1. The van der Waals surface area contributed by atoms with Gasteiger partial charge < -0.3 is 14.6 Å². The minimum atomic E-state index is -0.887. The van der Waals surface area contributed by atoms with E-state index in [0.717, 1.165) is 4.90 Å². The van der Waals surface area contributed by atoms with Crippen molar-refractivity contribution in [2.24, 2.45) is 0 Å². The number of rotatable bonds is 5. The summed E-state index contributed by atoms with van der Waals surface area (Å²) in [6.45, 7) is 0. The van der Waals surface area contributed by atoms with Crippen LogP contribution in [0.25, 0.3) is 0 Å². The van der Waals surface area contributed by atoms with Crippen molar-refractivity contribution in [1.29, 1.82) is 0 Å². The normalized spacial score (nSPS) is 9.94. The molecule has 0 amide bonds. The SMILES string of the molecule is COc1ccc(OC)c(SC)c1CC(=O)O. The van der Waals surface area contributed by atoms with Crippen LogP contribution in [0.4, 0.5) is 0 Å². The molecule has 1 rings (SSSR count). The van der Waals surface area contributed by atoms with Crippen LogP contribution in [-0.2, 0) is 11.2 Å². The molecule has 4 nitrogen and oxygen atoms in total. The Balaban J connectivity index is 3.30. The maximum atomic E-state index is 10.8. The molecule has 5 heteroatoms. The van der Waals surface area contributed by atoms with Crippen molar-refractivity contribution in [3.8, 4) is 11.5 Å². The molecular weight excluding hydrogens is 228 g/mol. The molecule has 0 spiro atoms. The highest BCUT2D eigenvalue weighted by atomic mass is 32.2. The summed E-state index contributed by atoms with van der Waals surface area (Å²) in [5, 5.41) is 8.86. The fourth-order valence-electron chi connectivity index (χ4n) is 1.48. The molecule has 0 saturated carbocycles. The number of thioether (sulfide) groups is 1. The molecule has 0 aliphatic carbocycles. The van der Waals surface area contributed by atoms with Gasteiger partial charge in [0, 0.05) is 5.56 Å². The lowest BCUT2D eigenvalue weighted by atomic mass is 10.1. The van der Waals surface area contributed by atoms with Gasteiger partial charge in [0.05, 0.1) is 25.5 Å². The second kappa shape index (κ2) is 5.65. The van der Waals surface area contributed by atoms with Crippen molar-refractivity contribution >= 4 is 17.7 Å². The minimum absolute atomic E-state index is 0.0729. The Morgan fingerprint density at radius 3 is 2.31 bits per heavy atom. The van der Waals surface area contributed by atoms with Crippen LogP contribution < -0.4 is 9.47 Å². The molecule has 0 saturated heterocycles. The number of carbonyl (C=O) groups is 1. The molecule has 88 valence electrons. The summed E-state index contributed by atoms with van der Waals surface area (Å²) in [6.07, 6.45) is 1.80. The predicted octanol–water partition coefficient (Wildman–Crippen LogP) is 2.05. The predicted molar refractivity (Wildman–Crippen MR) is 62.7 cm³/mol. The summed E-state index contributed by atoms with van der Waals surface area (Å²) in [4.78, 5) is 11.6. The highest BCUT2D eigenvalue weighted by Gasteiger charge is 2.16. The second-order valence-corrected chi connectivity index (χ2v) is 3.87. The third kappa shape index (κ3) is 2.61. The van der Waals surface area contributed by atoms with Gasteiger partial charge in [0.15, 0.2) is 0 Å². The zero-order chi connectivity index (χ0) is 12.1. The zero-order valence-corrected chi connectivity index (χ0v) is 10.3. The average Bonchev–Trinajstić information content (AvgIpc) is 2.27. The Morgan fingerprint density at radius 2 is 1.88 bits per heavy atom. The number of hydrogen-bond acceptors (Lipinski definition) is 4. The van der Waals surface area contributed by atoms with Crippen molar-refractivity contribution in [3.05, 3.63) is 17.7 Å². The first-order chi connectivity index (χ1) is 7.63. The first-order valence-electron chi connectivity index (χ1n) is 4.63. The Bertz CT molecular complexity index is 390. The van der Waals surface area contributed by atoms with Gasteiger partial charge in [-0.05, 0) is 18.4 Å². The summed E-state index contributed by atoms with van der Waals surface area (Å²) >= 11 is 1.45. The minimum Gasteiger partial charge on any atom is -0.496 e. The molecule has 0 heterocycles. The summed E-state index contributed by atoms with van der Waals surface area (Å²) in [5.41, 5.74) is 0.654. The fraction of sp³-hybridized carbons (Fsp3) is 0.364. The molecule has 1 aromatic carbocycles. The van der Waals surface area contributed by atoms with E-state index in [1.165, 1.54) is 18.9 Å². The van der Waals surface area contributed by atoms with Crippen LogP contribution >= 0.6 is 11.8 Å². The number of ether oxygens (including phenoxy) is 2. The van der Waals surface area contributed by atoms with E-state index in [2.05, 4.69) is 0 Å². The van der Waals surface area contributed by atoms with E-state index >= 15 is 0 Å². The van der Waals surface area contributed by atoms with Gasteiger partial charge in [-0.1, -0.05) is 0 Å². The third-order valence-electron chi connectivity index (χ3n) is 2.15. The lowest BCUT2D eigenvalue weighted by Crippen LogP contribution is -2.05. The van der Waals surface area contributed by atoms with Gasteiger partial charge in [-0.2, -0.15) is 0 Å². The van der Waals surface area contributed by atoms with Crippen LogP contribution in [0.1, 0.15) is 5.56 Å². The number of methoxy groups -OCH3 is 2. The van der Waals surface area contributed by atoms with Gasteiger partial charge in [0.25, 0.3) is 0 Å². The van der Waals surface area contributed by atoms with Gasteiger partial charge in [-0.25, -0.2) is 0 Å². The van der Waals surface area contributed by atoms with Crippen LogP contribution in [0, 0.1) is 0 Å². The smallest absolute Gasteiger partial charge is 0.308 e. The molecule has 1 N–H and O–H groups in total. The van der Waals surface area contributed by atoms with Gasteiger partial charge in [0.2, 0.25) is 0 Å². The first kappa shape index (κ1) is 12.7. The van der Waals surface area contributed by atoms with Crippen molar-refractivity contribution in [3.63, 3.8) is 0 Å². The quantitative estimate of drug-likeness (QED) is 0.801. The van der Waals surface area contributed by atoms with Gasteiger partial charge in [0.1, 0.15) is 11.5 Å². The maximum Gasteiger partial charge on any atom is 0.308 e. The Kier molecular flexibility index (Phi) is 4.49. The average molecular weight is 242 g/mol. The highest BCUT2D eigenvalue weighted by Crippen LogP contribution is 2.37. The molecule has 0 aliphatic rings. The molecule has 0 unspecified atom stereocenters. The standard InChI is InChI=1S/C11H14O4S/c1-14-8-4-5-9(15-2)11(16-3)7(8)6-10(12)13/h4-5H,6H2,1-3H3,(H,12,13). The Labute approximate surface area is 98.6 Å². The molecule has 0 atom stereocenters. The number of carboxylic acid groups (broad SMARTS) is 1. The molecule has 0 aromatic heterocycles. The third-order valence-corrected chi connectivity index (χ3v) is 3.01. The lowest BCUT2D eigenvalue weighted by Gasteiger charge is -2.14. The van der Waals surface area contributed by atoms with E-state index in [0.29, 0.717) is 17.1 Å². The first-order valence-corrected chi connectivity index (χ1v) is 5.86. The summed E-state index contributed by atoms with van der Waals surface area (Å²) in [5.74, 6) is 0.360. The van der Waals surface area contributed by atoms with E-state index in [1.54, 1.807) is 19.2 Å². The van der Waals surface area contributed by atoms with Crippen molar-refractivity contribution in [1.82, 2.24) is 0 Å². The van der Waals surface area contributed by atoms with Gasteiger partial charge in [-0.15, -0.1) is 11.8 Å². The Hall–Kier alpha value is -1.36. The van der Waals surface area contributed by atoms with E-state index in [4.69, 9.17) is 14.6 Å². The summed E-state index contributed by atoms with van der Waals surface area (Å²) in [6, 6.07) is 3.49. The van der Waals surface area contributed by atoms with Crippen molar-refractivity contribution < 1.29 is 19.4 Å². The number of benzene rings is 1. The van der Waals surface area contributed by atoms with Crippen LogP contribution in [0.15, 0.2) is 17.0 Å². The van der Waals surface area contributed by atoms with E-state index in [9.17, 15) is 4.79 Å². The van der Waals surface area contributed by atoms with Crippen molar-refractivity contribution in [2.45, 2.75) is 11.3 Å². The zero-order valence-electron chi connectivity index (χ0n) is 9.44. The van der Waals surface area contributed by atoms with Crippen LogP contribution in [0.2, 0.25) is 0 Å². The lowest BCUT2D eigenvalue weighted by molar-refractivity contribution is -0.136. The molecule has 0 fully saturated rings. The largest absolute Gasteiger partial charge is 0.496 e. The fourth-order valence-corrected chi connectivity index (χ4v) is 2.25. The molecule has 16 heavy (non-hydrogen) atoms.